The maximum Gasteiger partial charge on any atom is 0.121 e. The summed E-state index contributed by atoms with van der Waals surface area (Å²) in [5.74, 6) is 2.10. The van der Waals surface area contributed by atoms with E-state index >= 15 is 0 Å². The van der Waals surface area contributed by atoms with Crippen molar-refractivity contribution < 1.29 is 15.3 Å². The largest absolute Gasteiger partial charge is 0.393 e. The third kappa shape index (κ3) is 5.10. The van der Waals surface area contributed by atoms with Gasteiger partial charge in [0.05, 0.1) is 12.2 Å². The highest BCUT2D eigenvalue weighted by atomic mass is 32.2. The zero-order chi connectivity index (χ0) is 21.2. The van der Waals surface area contributed by atoms with E-state index in [1.807, 2.05) is 0 Å². The van der Waals surface area contributed by atoms with Crippen molar-refractivity contribution in [1.29, 1.82) is 0 Å². The van der Waals surface area contributed by atoms with Crippen LogP contribution in [0, 0.1) is 17.3 Å². The van der Waals surface area contributed by atoms with Gasteiger partial charge in [0, 0.05) is 6.42 Å². The first-order valence-electron chi connectivity index (χ1n) is 11.2. The summed E-state index contributed by atoms with van der Waals surface area (Å²) < 4.78 is 0. The van der Waals surface area contributed by atoms with Gasteiger partial charge in [-0.3, -0.25) is 0 Å². The molecule has 2 fully saturated rings. The molecule has 0 aromatic rings. The molecule has 0 aromatic heterocycles. The lowest BCUT2D eigenvalue weighted by atomic mass is 9.64. The van der Waals surface area contributed by atoms with E-state index in [1.54, 1.807) is 11.8 Å². The first kappa shape index (κ1) is 22.9. The van der Waals surface area contributed by atoms with Crippen LogP contribution in [0.2, 0.25) is 0 Å². The zero-order valence-corrected chi connectivity index (χ0v) is 19.0. The van der Waals surface area contributed by atoms with Gasteiger partial charge in [0.2, 0.25) is 0 Å². The molecular weight excluding hydrogens is 380 g/mol. The number of aliphatic hydroxyl groups is 3. The minimum Gasteiger partial charge on any atom is -0.393 e. The van der Waals surface area contributed by atoms with Crippen molar-refractivity contribution in [2.45, 2.75) is 83.4 Å². The van der Waals surface area contributed by atoms with Crippen molar-refractivity contribution in [1.82, 2.24) is 0 Å². The van der Waals surface area contributed by atoms with Crippen LogP contribution in [0.25, 0.3) is 0 Å². The van der Waals surface area contributed by atoms with Crippen LogP contribution in [-0.4, -0.2) is 38.7 Å². The van der Waals surface area contributed by atoms with Gasteiger partial charge in [-0.05, 0) is 78.2 Å². The van der Waals surface area contributed by atoms with E-state index in [0.717, 1.165) is 49.0 Å². The summed E-state index contributed by atoms with van der Waals surface area (Å²) in [6.07, 6.45) is 11.9. The molecule has 4 heteroatoms. The van der Waals surface area contributed by atoms with Crippen LogP contribution < -0.4 is 0 Å². The molecule has 0 amide bonds. The molecule has 2 saturated carbocycles. The Hall–Kier alpha value is -0.810. The third-order valence-corrected chi connectivity index (χ3v) is 8.15. The number of thioether (sulfide) groups is 1. The number of rotatable bonds is 6. The molecule has 0 spiro atoms. The molecule has 0 heterocycles. The number of allylic oxidation sites excluding steroid dienone is 4. The predicted molar refractivity (Wildman–Crippen MR) is 123 cm³/mol. The zero-order valence-electron chi connectivity index (χ0n) is 18.2. The Balaban J connectivity index is 1.72. The number of aliphatic hydroxyl groups excluding tert-OH is 3. The maximum atomic E-state index is 10.9. The van der Waals surface area contributed by atoms with Gasteiger partial charge >= 0.3 is 0 Å². The summed E-state index contributed by atoms with van der Waals surface area (Å²) in [6, 6.07) is 0. The second kappa shape index (κ2) is 9.55. The molecule has 1 unspecified atom stereocenters. The Morgan fingerprint density at radius 2 is 2.07 bits per heavy atom. The smallest absolute Gasteiger partial charge is 0.121 e. The average Bonchev–Trinajstić information content (AvgIpc) is 3.00. The predicted octanol–water partition coefficient (Wildman–Crippen LogP) is 5.15. The van der Waals surface area contributed by atoms with Gasteiger partial charge in [-0.1, -0.05) is 51.2 Å². The highest BCUT2D eigenvalue weighted by Crippen LogP contribution is 2.56. The van der Waals surface area contributed by atoms with Crippen molar-refractivity contribution in [3.8, 4) is 0 Å². The number of hydrogen-bond acceptors (Lipinski definition) is 4. The van der Waals surface area contributed by atoms with Crippen molar-refractivity contribution in [2.24, 2.45) is 17.3 Å². The van der Waals surface area contributed by atoms with E-state index in [1.165, 1.54) is 11.1 Å². The summed E-state index contributed by atoms with van der Waals surface area (Å²) in [6.45, 7) is 10.8. The Morgan fingerprint density at radius 3 is 2.79 bits per heavy atom. The molecule has 0 aliphatic heterocycles. The third-order valence-electron chi connectivity index (χ3n) is 7.11. The van der Waals surface area contributed by atoms with Crippen molar-refractivity contribution in [2.75, 3.05) is 5.75 Å². The fourth-order valence-electron chi connectivity index (χ4n) is 5.20. The van der Waals surface area contributed by atoms with Crippen molar-refractivity contribution in [3.63, 3.8) is 0 Å². The molecule has 5 atom stereocenters. The van der Waals surface area contributed by atoms with Gasteiger partial charge < -0.3 is 15.3 Å². The standard InChI is InChI=1S/C25H38O3S/c1-16(2)11-13-29-24(28)22-10-9-21-18(6-5-12-25(21,22)4)7-8-19-14-20(26)15-23(27)17(19)3/h7-8,10,16,20-21,23-24,26-28H,3,5-6,9,11-15H2,1-2,4H3/t20-,21+,23+,24?,25+/m1/s1. The summed E-state index contributed by atoms with van der Waals surface area (Å²) in [4.78, 5) is 0. The van der Waals surface area contributed by atoms with Crippen LogP contribution in [-0.2, 0) is 0 Å². The van der Waals surface area contributed by atoms with Crippen molar-refractivity contribution in [3.05, 3.63) is 47.1 Å². The topological polar surface area (TPSA) is 60.7 Å². The van der Waals surface area contributed by atoms with E-state index in [-0.39, 0.29) is 5.41 Å². The molecule has 0 radical (unpaired) electrons. The summed E-state index contributed by atoms with van der Waals surface area (Å²) in [7, 11) is 0. The molecule has 162 valence electrons. The number of hydrogen-bond donors (Lipinski definition) is 3. The second-order valence-corrected chi connectivity index (χ2v) is 10.9. The molecule has 0 bridgehead atoms. The van der Waals surface area contributed by atoms with Crippen LogP contribution in [0.3, 0.4) is 0 Å². The lowest BCUT2D eigenvalue weighted by Gasteiger charge is -2.42. The second-order valence-electron chi connectivity index (χ2n) is 9.69. The number of fused-ring (bicyclic) bond motifs is 1. The fraction of sp³-hybridized carbons (Fsp3) is 0.680. The van der Waals surface area contributed by atoms with Gasteiger partial charge in [0.25, 0.3) is 0 Å². The fourth-order valence-corrected chi connectivity index (χ4v) is 6.58. The Bertz CT molecular complexity index is 705. The summed E-state index contributed by atoms with van der Waals surface area (Å²) in [5, 5.41) is 31.0. The Labute approximate surface area is 180 Å². The molecule has 3 aliphatic rings. The van der Waals surface area contributed by atoms with Crippen LogP contribution in [0.5, 0.6) is 0 Å². The van der Waals surface area contributed by atoms with Gasteiger partial charge in [-0.25, -0.2) is 0 Å². The monoisotopic (exact) mass is 418 g/mol. The highest BCUT2D eigenvalue weighted by Gasteiger charge is 2.46. The van der Waals surface area contributed by atoms with E-state index in [0.29, 0.717) is 24.7 Å². The SMILES string of the molecule is C=C1C(=CC=C2CCC[C@]3(C)C(C(O)SCCC(C)C)=CC[C@@H]23)C[C@@H](O)C[C@@H]1O. The quantitative estimate of drug-likeness (QED) is 0.413. The van der Waals surface area contributed by atoms with Gasteiger partial charge in [0.15, 0.2) is 0 Å². The normalized spacial score (nSPS) is 36.6. The van der Waals surface area contributed by atoms with E-state index in [9.17, 15) is 15.3 Å². The molecule has 3 N–H and O–H groups in total. The van der Waals surface area contributed by atoms with Crippen LogP contribution in [0.15, 0.2) is 47.1 Å². The minimum absolute atomic E-state index is 0.0371. The van der Waals surface area contributed by atoms with Crippen LogP contribution in [0.1, 0.15) is 65.7 Å². The first-order chi connectivity index (χ1) is 13.7. The molecule has 3 rings (SSSR count). The van der Waals surface area contributed by atoms with Gasteiger partial charge in [-0.2, -0.15) is 0 Å². The average molecular weight is 419 g/mol. The van der Waals surface area contributed by atoms with E-state index in [4.69, 9.17) is 0 Å². The summed E-state index contributed by atoms with van der Waals surface area (Å²) >= 11 is 1.68. The molecule has 0 aromatic carbocycles. The van der Waals surface area contributed by atoms with Crippen molar-refractivity contribution >= 4 is 11.8 Å². The first-order valence-corrected chi connectivity index (χ1v) is 12.2. The van der Waals surface area contributed by atoms with Crippen LogP contribution in [0.4, 0.5) is 0 Å². The molecule has 0 saturated heterocycles. The van der Waals surface area contributed by atoms with E-state index < -0.39 is 17.6 Å². The summed E-state index contributed by atoms with van der Waals surface area (Å²) in [5.41, 5.74) is 4.00. The molecular formula is C25H38O3S. The van der Waals surface area contributed by atoms with E-state index in [2.05, 4.69) is 45.6 Å². The van der Waals surface area contributed by atoms with Gasteiger partial charge in [0.1, 0.15) is 5.44 Å². The minimum atomic E-state index is -0.641. The molecule has 3 aliphatic carbocycles. The highest BCUT2D eigenvalue weighted by molar-refractivity contribution is 7.99. The lowest BCUT2D eigenvalue weighted by molar-refractivity contribution is 0.0862. The molecule has 29 heavy (non-hydrogen) atoms. The maximum absolute atomic E-state index is 10.9. The molecule has 3 nitrogen and oxygen atoms in total. The lowest BCUT2D eigenvalue weighted by Crippen LogP contribution is -2.33. The van der Waals surface area contributed by atoms with Gasteiger partial charge in [-0.15, -0.1) is 11.8 Å². The Morgan fingerprint density at radius 1 is 1.31 bits per heavy atom. The Kier molecular flexibility index (Phi) is 7.53. The van der Waals surface area contributed by atoms with Crippen LogP contribution >= 0.6 is 11.8 Å².